The summed E-state index contributed by atoms with van der Waals surface area (Å²) in [6.45, 7) is 2.36. The minimum Gasteiger partial charge on any atom is -0.494 e. The molecule has 1 saturated heterocycles. The molecule has 3 aromatic rings. The highest BCUT2D eigenvalue weighted by atomic mass is 79.9. The van der Waals surface area contributed by atoms with Crippen molar-refractivity contribution in [2.24, 2.45) is 0 Å². The predicted molar refractivity (Wildman–Crippen MR) is 149 cm³/mol. The monoisotopic (exact) mass is 600 g/mol. The van der Waals surface area contributed by atoms with E-state index in [2.05, 4.69) is 21.2 Å². The molecule has 0 radical (unpaired) electrons. The van der Waals surface area contributed by atoms with Gasteiger partial charge < -0.3 is 14.8 Å². The van der Waals surface area contributed by atoms with Gasteiger partial charge in [-0.15, -0.1) is 0 Å². The summed E-state index contributed by atoms with van der Waals surface area (Å²) in [5.41, 5.74) is 2.13. The van der Waals surface area contributed by atoms with Gasteiger partial charge in [-0.3, -0.25) is 19.3 Å². The lowest BCUT2D eigenvalue weighted by atomic mass is 10.2. The number of carbonyl (C=O) groups excluding carboxylic acids is 3. The van der Waals surface area contributed by atoms with Gasteiger partial charge in [0.1, 0.15) is 18.9 Å². The molecule has 0 saturated carbocycles. The van der Waals surface area contributed by atoms with E-state index < -0.39 is 23.6 Å². The third-order valence-corrected chi connectivity index (χ3v) is 6.95. The van der Waals surface area contributed by atoms with Crippen molar-refractivity contribution in [1.82, 2.24) is 4.90 Å². The molecular formula is C27H22BrClN2O5S. The lowest BCUT2D eigenvalue weighted by Crippen LogP contribution is -2.36. The Kier molecular flexibility index (Phi) is 8.91. The number of carbonyl (C=O) groups is 3. The van der Waals surface area contributed by atoms with E-state index in [1.54, 1.807) is 42.5 Å². The number of imide groups is 1. The van der Waals surface area contributed by atoms with E-state index in [4.69, 9.17) is 21.1 Å². The minimum atomic E-state index is -0.548. The lowest BCUT2D eigenvalue weighted by molar-refractivity contribution is -0.127. The van der Waals surface area contributed by atoms with Crippen molar-refractivity contribution in [1.29, 1.82) is 0 Å². The third kappa shape index (κ3) is 6.94. The highest BCUT2D eigenvalue weighted by Gasteiger charge is 2.36. The average Bonchev–Trinajstić information content (AvgIpc) is 3.12. The van der Waals surface area contributed by atoms with Crippen LogP contribution in [0.4, 0.5) is 10.5 Å². The van der Waals surface area contributed by atoms with Crippen LogP contribution in [0.15, 0.2) is 76.1 Å². The summed E-state index contributed by atoms with van der Waals surface area (Å²) < 4.78 is 11.8. The molecule has 0 aliphatic carbocycles. The highest BCUT2D eigenvalue weighted by Crippen LogP contribution is 2.38. The smallest absolute Gasteiger partial charge is 0.294 e. The fourth-order valence-corrected chi connectivity index (χ4v) is 5.29. The van der Waals surface area contributed by atoms with Crippen molar-refractivity contribution < 1.29 is 23.9 Å². The molecular weight excluding hydrogens is 580 g/mol. The summed E-state index contributed by atoms with van der Waals surface area (Å²) >= 11 is 10.7. The Balaban J connectivity index is 1.40. The van der Waals surface area contributed by atoms with Crippen LogP contribution in [0, 0.1) is 0 Å². The van der Waals surface area contributed by atoms with Crippen LogP contribution in [0.1, 0.15) is 18.1 Å². The first kappa shape index (κ1) is 26.8. The number of hydrogen-bond donors (Lipinski definition) is 1. The Labute approximate surface area is 231 Å². The van der Waals surface area contributed by atoms with Crippen LogP contribution >= 0.6 is 39.3 Å². The van der Waals surface area contributed by atoms with E-state index in [1.165, 1.54) is 0 Å². The first-order chi connectivity index (χ1) is 17.8. The molecule has 4 rings (SSSR count). The lowest BCUT2D eigenvalue weighted by Gasteiger charge is -2.13. The van der Waals surface area contributed by atoms with Crippen molar-refractivity contribution in [3.05, 3.63) is 92.3 Å². The Morgan fingerprint density at radius 1 is 1.08 bits per heavy atom. The molecule has 3 amide bonds. The van der Waals surface area contributed by atoms with Crippen LogP contribution in [0.25, 0.3) is 6.08 Å². The number of nitrogens with zero attached hydrogens (tertiary/aromatic N) is 1. The van der Waals surface area contributed by atoms with Gasteiger partial charge in [0.05, 0.1) is 21.0 Å². The number of anilines is 1. The predicted octanol–water partition coefficient (Wildman–Crippen LogP) is 6.76. The summed E-state index contributed by atoms with van der Waals surface area (Å²) in [7, 11) is 0. The maximum atomic E-state index is 12.9. The van der Waals surface area contributed by atoms with Gasteiger partial charge in [-0.25, -0.2) is 0 Å². The number of benzene rings is 3. The summed E-state index contributed by atoms with van der Waals surface area (Å²) in [6.07, 6.45) is 1.56. The van der Waals surface area contributed by atoms with Gasteiger partial charge in [-0.05, 0) is 88.2 Å². The molecule has 1 aliphatic heterocycles. The van der Waals surface area contributed by atoms with Crippen molar-refractivity contribution in [3.63, 3.8) is 0 Å². The van der Waals surface area contributed by atoms with Crippen LogP contribution in [0.2, 0.25) is 5.02 Å². The van der Waals surface area contributed by atoms with Crippen LogP contribution in [-0.4, -0.2) is 35.1 Å². The molecule has 1 aliphatic rings. The zero-order valence-electron chi connectivity index (χ0n) is 19.7. The summed E-state index contributed by atoms with van der Waals surface area (Å²) in [6, 6.07) is 19.9. The molecule has 10 heteroatoms. The molecule has 190 valence electrons. The molecule has 1 heterocycles. The van der Waals surface area contributed by atoms with Crippen LogP contribution < -0.4 is 14.8 Å². The number of hydrogen-bond acceptors (Lipinski definition) is 6. The number of rotatable bonds is 9. The fourth-order valence-electron chi connectivity index (χ4n) is 3.46. The molecule has 0 bridgehead atoms. The Bertz CT molecular complexity index is 1330. The van der Waals surface area contributed by atoms with Crippen molar-refractivity contribution in [2.45, 2.75) is 13.5 Å². The molecule has 0 spiro atoms. The van der Waals surface area contributed by atoms with Gasteiger partial charge >= 0.3 is 0 Å². The molecule has 0 unspecified atom stereocenters. The second kappa shape index (κ2) is 12.3. The van der Waals surface area contributed by atoms with Crippen LogP contribution in [-0.2, 0) is 16.2 Å². The van der Waals surface area contributed by atoms with E-state index in [0.29, 0.717) is 45.5 Å². The van der Waals surface area contributed by atoms with Gasteiger partial charge in [0.25, 0.3) is 11.1 Å². The number of amides is 3. The van der Waals surface area contributed by atoms with E-state index in [1.807, 2.05) is 37.3 Å². The van der Waals surface area contributed by atoms with Gasteiger partial charge in [0.2, 0.25) is 5.91 Å². The Morgan fingerprint density at radius 3 is 2.49 bits per heavy atom. The zero-order chi connectivity index (χ0) is 26.4. The van der Waals surface area contributed by atoms with Crippen molar-refractivity contribution in [2.75, 3.05) is 18.5 Å². The molecule has 1 N–H and O–H groups in total. The maximum absolute atomic E-state index is 12.9. The largest absolute Gasteiger partial charge is 0.494 e. The first-order valence-electron chi connectivity index (χ1n) is 11.3. The minimum absolute atomic E-state index is 0.194. The van der Waals surface area contributed by atoms with E-state index >= 15 is 0 Å². The van der Waals surface area contributed by atoms with Crippen molar-refractivity contribution in [3.8, 4) is 11.5 Å². The zero-order valence-corrected chi connectivity index (χ0v) is 22.9. The standard InChI is InChI=1S/C27H22BrClN2O5S/c1-2-35-20-10-8-19(9-11-20)30-24(32)15-31-26(33)23(37-27(31)34)14-18-12-21(28)25(22(29)13-18)36-16-17-6-4-3-5-7-17/h3-14H,2,15-16H2,1H3,(H,30,32)/b23-14+. The topological polar surface area (TPSA) is 84.9 Å². The van der Waals surface area contributed by atoms with E-state index in [9.17, 15) is 14.4 Å². The third-order valence-electron chi connectivity index (χ3n) is 5.17. The quantitative estimate of drug-likeness (QED) is 0.273. The first-order valence-corrected chi connectivity index (χ1v) is 13.3. The summed E-state index contributed by atoms with van der Waals surface area (Å²) in [5, 5.41) is 2.51. The van der Waals surface area contributed by atoms with Crippen LogP contribution in [0.3, 0.4) is 0 Å². The number of halogens is 2. The fraction of sp³-hybridized carbons (Fsp3) is 0.148. The molecule has 0 atom stereocenters. The average molecular weight is 602 g/mol. The molecule has 37 heavy (non-hydrogen) atoms. The van der Waals surface area contributed by atoms with Crippen LogP contribution in [0.5, 0.6) is 11.5 Å². The van der Waals surface area contributed by atoms with Crippen molar-refractivity contribution >= 4 is 68.1 Å². The number of thioether (sulfide) groups is 1. The summed E-state index contributed by atoms with van der Waals surface area (Å²) in [4.78, 5) is 38.9. The van der Waals surface area contributed by atoms with Gasteiger partial charge in [-0.1, -0.05) is 41.9 Å². The summed E-state index contributed by atoms with van der Waals surface area (Å²) in [5.74, 6) is 0.118. The number of ether oxygens (including phenoxy) is 2. The second-order valence-corrected chi connectivity index (χ2v) is 10.1. The van der Waals surface area contributed by atoms with E-state index in [-0.39, 0.29) is 4.91 Å². The molecule has 1 fully saturated rings. The van der Waals surface area contributed by atoms with E-state index in [0.717, 1.165) is 22.2 Å². The maximum Gasteiger partial charge on any atom is 0.294 e. The normalized spacial score (nSPS) is 14.2. The van der Waals surface area contributed by atoms with Gasteiger partial charge in [0, 0.05) is 5.69 Å². The van der Waals surface area contributed by atoms with Gasteiger partial charge in [0.15, 0.2) is 5.75 Å². The molecule has 3 aromatic carbocycles. The molecule has 7 nitrogen and oxygen atoms in total. The Hall–Kier alpha value is -3.27. The SMILES string of the molecule is CCOc1ccc(NC(=O)CN2C(=O)S/C(=C/c3cc(Cl)c(OCc4ccccc4)c(Br)c3)C2=O)cc1. The Morgan fingerprint density at radius 2 is 1.81 bits per heavy atom. The number of nitrogens with one attached hydrogen (secondary N) is 1. The molecule has 0 aromatic heterocycles. The second-order valence-electron chi connectivity index (χ2n) is 7.86. The van der Waals surface area contributed by atoms with Gasteiger partial charge in [-0.2, -0.15) is 0 Å². The highest BCUT2D eigenvalue weighted by molar-refractivity contribution is 9.10.